The first-order valence-corrected chi connectivity index (χ1v) is 6.85. The van der Waals surface area contributed by atoms with Gasteiger partial charge in [0.25, 0.3) is 0 Å². The molecule has 0 atom stereocenters. The normalized spacial score (nSPS) is 10.9. The Labute approximate surface area is 117 Å². The minimum Gasteiger partial charge on any atom is -0.351 e. The summed E-state index contributed by atoms with van der Waals surface area (Å²) in [6.07, 6.45) is 0. The van der Waals surface area contributed by atoms with Crippen molar-refractivity contribution in [1.29, 1.82) is 0 Å². The number of hydrogen-bond donors (Lipinski definition) is 3. The number of urea groups is 1. The molecule has 0 saturated heterocycles. The van der Waals surface area contributed by atoms with E-state index in [0.29, 0.717) is 17.1 Å². The zero-order chi connectivity index (χ0) is 14.5. The largest absolute Gasteiger partial charge is 0.351 e. The van der Waals surface area contributed by atoms with E-state index in [1.165, 1.54) is 0 Å². The molecule has 0 heterocycles. The van der Waals surface area contributed by atoms with Crippen molar-refractivity contribution in [2.45, 2.75) is 25.5 Å². The minimum absolute atomic E-state index is 0.0458. The summed E-state index contributed by atoms with van der Waals surface area (Å²) in [5.74, 6) is 0.362. The quantitative estimate of drug-likeness (QED) is 0.793. The van der Waals surface area contributed by atoms with E-state index in [-0.39, 0.29) is 10.7 Å². The lowest BCUT2D eigenvalue weighted by atomic mass is 10.3. The fourth-order valence-electron chi connectivity index (χ4n) is 1.26. The van der Waals surface area contributed by atoms with E-state index in [1.807, 2.05) is 0 Å². The molecule has 6 heteroatoms. The van der Waals surface area contributed by atoms with E-state index < -0.39 is 6.03 Å². The van der Waals surface area contributed by atoms with E-state index in [4.69, 9.17) is 5.73 Å². The first-order chi connectivity index (χ1) is 8.76. The molecule has 104 valence electrons. The molecule has 5 nitrogen and oxygen atoms in total. The Morgan fingerprint density at radius 2 is 1.58 bits per heavy atom. The zero-order valence-electron chi connectivity index (χ0n) is 11.3. The highest BCUT2D eigenvalue weighted by molar-refractivity contribution is 8.01. The van der Waals surface area contributed by atoms with Crippen LogP contribution < -0.4 is 16.4 Å². The molecule has 1 rings (SSSR count). The molecule has 0 aliphatic rings. The Hall–Kier alpha value is -1.69. The second-order valence-corrected chi connectivity index (χ2v) is 6.82. The second-order valence-electron chi connectivity index (χ2n) is 5.02. The summed E-state index contributed by atoms with van der Waals surface area (Å²) < 4.78 is 0.0621. The maximum Gasteiger partial charge on any atom is 0.316 e. The lowest BCUT2D eigenvalue weighted by molar-refractivity contribution is -0.113. The molecule has 0 unspecified atom stereocenters. The van der Waals surface area contributed by atoms with Gasteiger partial charge in [-0.15, -0.1) is 11.8 Å². The van der Waals surface area contributed by atoms with Crippen molar-refractivity contribution < 1.29 is 9.59 Å². The monoisotopic (exact) mass is 281 g/mol. The highest BCUT2D eigenvalue weighted by Gasteiger charge is 2.13. The number of carbonyl (C=O) groups is 2. The molecule has 0 saturated carbocycles. The first-order valence-electron chi connectivity index (χ1n) is 5.86. The highest BCUT2D eigenvalue weighted by Crippen LogP contribution is 2.23. The van der Waals surface area contributed by atoms with E-state index in [9.17, 15) is 9.59 Å². The van der Waals surface area contributed by atoms with Crippen LogP contribution in [0.25, 0.3) is 0 Å². The van der Waals surface area contributed by atoms with Gasteiger partial charge in [-0.25, -0.2) is 4.79 Å². The molecule has 0 aromatic heterocycles. The predicted octanol–water partition coefficient (Wildman–Crippen LogP) is 2.65. The first kappa shape index (κ1) is 15.4. The number of anilines is 2. The van der Waals surface area contributed by atoms with Gasteiger partial charge < -0.3 is 16.4 Å². The number of rotatable bonds is 4. The molecule has 19 heavy (non-hydrogen) atoms. The van der Waals surface area contributed by atoms with E-state index in [2.05, 4.69) is 31.4 Å². The molecule has 0 fully saturated rings. The molecule has 0 aliphatic carbocycles. The summed E-state index contributed by atoms with van der Waals surface area (Å²) in [7, 11) is 0. The second kappa shape index (κ2) is 6.47. The maximum absolute atomic E-state index is 11.7. The third-order valence-corrected chi connectivity index (χ3v) is 3.35. The molecule has 4 N–H and O–H groups in total. The van der Waals surface area contributed by atoms with Crippen LogP contribution in [0.1, 0.15) is 20.8 Å². The van der Waals surface area contributed by atoms with Crippen molar-refractivity contribution in [2.75, 3.05) is 16.4 Å². The fraction of sp³-hybridized carbons (Fsp3) is 0.385. The smallest absolute Gasteiger partial charge is 0.316 e. The van der Waals surface area contributed by atoms with Crippen LogP contribution in [0.5, 0.6) is 0 Å². The van der Waals surface area contributed by atoms with Gasteiger partial charge in [0.2, 0.25) is 5.91 Å². The Bertz CT molecular complexity index is 452. The number of nitrogens with two attached hydrogens (primary N) is 1. The SMILES string of the molecule is CC(C)(C)SCC(=O)Nc1ccc(NC(N)=O)cc1. The van der Waals surface area contributed by atoms with Crippen molar-refractivity contribution in [3.63, 3.8) is 0 Å². The number of hydrogen-bond acceptors (Lipinski definition) is 3. The van der Waals surface area contributed by atoms with Gasteiger partial charge in [0.1, 0.15) is 0 Å². The minimum atomic E-state index is -0.613. The van der Waals surface area contributed by atoms with E-state index in [1.54, 1.807) is 36.0 Å². The van der Waals surface area contributed by atoms with Crippen LogP contribution in [0.4, 0.5) is 16.2 Å². The topological polar surface area (TPSA) is 84.2 Å². The molecular formula is C13H19N3O2S. The van der Waals surface area contributed by atoms with Crippen LogP contribution >= 0.6 is 11.8 Å². The van der Waals surface area contributed by atoms with Crippen LogP contribution in [0.2, 0.25) is 0 Å². The van der Waals surface area contributed by atoms with Crippen LogP contribution in [0, 0.1) is 0 Å². The standard InChI is InChI=1S/C13H19N3O2S/c1-13(2,3)19-8-11(17)15-9-4-6-10(7-5-9)16-12(14)18/h4-7H,8H2,1-3H3,(H,15,17)(H3,14,16,18). The average Bonchev–Trinajstić information content (AvgIpc) is 2.28. The third kappa shape index (κ3) is 6.71. The number of benzene rings is 1. The van der Waals surface area contributed by atoms with Gasteiger partial charge in [0.15, 0.2) is 0 Å². The summed E-state index contributed by atoms with van der Waals surface area (Å²) >= 11 is 1.59. The molecule has 0 radical (unpaired) electrons. The average molecular weight is 281 g/mol. The molecular weight excluding hydrogens is 262 g/mol. The summed E-state index contributed by atoms with van der Waals surface area (Å²) in [6, 6.07) is 6.17. The Morgan fingerprint density at radius 1 is 1.11 bits per heavy atom. The molecule has 1 aromatic carbocycles. The van der Waals surface area contributed by atoms with Crippen molar-refractivity contribution >= 4 is 35.1 Å². The van der Waals surface area contributed by atoms with Crippen molar-refractivity contribution in [2.24, 2.45) is 5.73 Å². The molecule has 1 aromatic rings. The van der Waals surface area contributed by atoms with Crippen LogP contribution in [-0.4, -0.2) is 22.4 Å². The molecule has 0 aliphatic heterocycles. The van der Waals surface area contributed by atoms with Crippen molar-refractivity contribution in [1.82, 2.24) is 0 Å². The number of nitrogens with one attached hydrogen (secondary N) is 2. The van der Waals surface area contributed by atoms with Gasteiger partial charge in [-0.1, -0.05) is 20.8 Å². The van der Waals surface area contributed by atoms with Crippen LogP contribution in [0.3, 0.4) is 0 Å². The van der Waals surface area contributed by atoms with Crippen LogP contribution in [0.15, 0.2) is 24.3 Å². The summed E-state index contributed by atoms with van der Waals surface area (Å²) in [6.45, 7) is 6.19. The van der Waals surface area contributed by atoms with Gasteiger partial charge in [0, 0.05) is 16.1 Å². The summed E-state index contributed by atoms with van der Waals surface area (Å²) in [5.41, 5.74) is 6.28. The summed E-state index contributed by atoms with van der Waals surface area (Å²) in [4.78, 5) is 22.3. The zero-order valence-corrected chi connectivity index (χ0v) is 12.1. The number of amides is 3. The summed E-state index contributed by atoms with van der Waals surface area (Å²) in [5, 5.41) is 5.24. The van der Waals surface area contributed by atoms with E-state index in [0.717, 1.165) is 0 Å². The number of primary amides is 1. The Balaban J connectivity index is 2.49. The Kier molecular flexibility index (Phi) is 5.23. The predicted molar refractivity (Wildman–Crippen MR) is 80.5 cm³/mol. The van der Waals surface area contributed by atoms with Gasteiger partial charge in [-0.05, 0) is 24.3 Å². The van der Waals surface area contributed by atoms with Gasteiger partial charge in [-0.3, -0.25) is 4.79 Å². The number of carbonyl (C=O) groups excluding carboxylic acids is 2. The van der Waals surface area contributed by atoms with Crippen molar-refractivity contribution in [3.05, 3.63) is 24.3 Å². The molecule has 3 amide bonds. The number of thioether (sulfide) groups is 1. The van der Waals surface area contributed by atoms with Gasteiger partial charge >= 0.3 is 6.03 Å². The van der Waals surface area contributed by atoms with Crippen LogP contribution in [-0.2, 0) is 4.79 Å². The van der Waals surface area contributed by atoms with E-state index >= 15 is 0 Å². The lowest BCUT2D eigenvalue weighted by Gasteiger charge is -2.17. The Morgan fingerprint density at radius 3 is 2.00 bits per heavy atom. The van der Waals surface area contributed by atoms with Gasteiger partial charge in [-0.2, -0.15) is 0 Å². The third-order valence-electron chi connectivity index (χ3n) is 2.07. The van der Waals surface area contributed by atoms with Gasteiger partial charge in [0.05, 0.1) is 5.75 Å². The lowest BCUT2D eigenvalue weighted by Crippen LogP contribution is -2.20. The van der Waals surface area contributed by atoms with Crippen molar-refractivity contribution in [3.8, 4) is 0 Å². The maximum atomic E-state index is 11.7. The fourth-order valence-corrected chi connectivity index (χ4v) is 1.89. The molecule has 0 spiro atoms. The molecule has 0 bridgehead atoms. The highest BCUT2D eigenvalue weighted by atomic mass is 32.2.